The average molecular weight is 395 g/mol. The Morgan fingerprint density at radius 1 is 1.18 bits per heavy atom. The van der Waals surface area contributed by atoms with Crippen LogP contribution in [0.15, 0.2) is 0 Å². The summed E-state index contributed by atoms with van der Waals surface area (Å²) in [7, 11) is 0. The summed E-state index contributed by atoms with van der Waals surface area (Å²) in [6.45, 7) is 5.21. The molecule has 28 heavy (non-hydrogen) atoms. The maximum atomic E-state index is 12.4. The Bertz CT molecular complexity index is 707. The van der Waals surface area contributed by atoms with Crippen molar-refractivity contribution in [3.63, 3.8) is 0 Å². The fourth-order valence-electron chi connectivity index (χ4n) is 8.18. The molecule has 4 fully saturated rings. The predicted octanol–water partition coefficient (Wildman–Crippen LogP) is 1.22. The number of aliphatic hydroxyl groups is 4. The number of carbonyl (C=O) groups excluding carboxylic acids is 2. The Balaban J connectivity index is 1.77. The molecule has 4 N–H and O–H groups in total. The van der Waals surface area contributed by atoms with E-state index in [4.69, 9.17) is 0 Å². The normalized spacial score (nSPS) is 56.0. The molecule has 0 spiro atoms. The van der Waals surface area contributed by atoms with Crippen molar-refractivity contribution in [1.82, 2.24) is 0 Å². The smallest absolute Gasteiger partial charge is 0.190 e. The number of Topliss-reactive ketones (excluding diaryl/α,β-unsaturated/α-hetero) is 2. The van der Waals surface area contributed by atoms with Gasteiger partial charge < -0.3 is 20.4 Å². The first-order chi connectivity index (χ1) is 12.9. The van der Waals surface area contributed by atoms with E-state index in [9.17, 15) is 30.0 Å². The molecule has 0 aromatic heterocycles. The van der Waals surface area contributed by atoms with Gasteiger partial charge in [0.1, 0.15) is 18.0 Å². The van der Waals surface area contributed by atoms with E-state index in [0.717, 1.165) is 0 Å². The molecule has 4 aliphatic rings. The highest BCUT2D eigenvalue weighted by Crippen LogP contribution is 2.69. The second-order valence-corrected chi connectivity index (χ2v) is 10.7. The minimum atomic E-state index is -1.61. The molecule has 4 saturated carbocycles. The van der Waals surface area contributed by atoms with Crippen molar-refractivity contribution in [3.8, 4) is 0 Å². The van der Waals surface area contributed by atoms with Crippen LogP contribution in [0.5, 0.6) is 0 Å². The van der Waals surface area contributed by atoms with Crippen LogP contribution in [0.1, 0.15) is 65.7 Å². The lowest BCUT2D eigenvalue weighted by molar-refractivity contribution is -0.257. The van der Waals surface area contributed by atoms with Crippen molar-refractivity contribution in [2.45, 2.75) is 83.0 Å². The molecule has 0 saturated heterocycles. The van der Waals surface area contributed by atoms with Gasteiger partial charge in [0.15, 0.2) is 5.78 Å². The molecule has 0 unspecified atom stereocenters. The minimum Gasteiger partial charge on any atom is -0.393 e. The van der Waals surface area contributed by atoms with Crippen LogP contribution in [0.2, 0.25) is 0 Å². The zero-order chi connectivity index (χ0) is 20.7. The fourth-order valence-corrected chi connectivity index (χ4v) is 8.18. The van der Waals surface area contributed by atoms with Gasteiger partial charge >= 0.3 is 0 Å². The Morgan fingerprint density at radius 3 is 2.50 bits per heavy atom. The maximum Gasteiger partial charge on any atom is 0.190 e. The Kier molecular flexibility index (Phi) is 4.45. The van der Waals surface area contributed by atoms with Gasteiger partial charge in [-0.2, -0.15) is 0 Å². The summed E-state index contributed by atoms with van der Waals surface area (Å²) in [4.78, 5) is 24.6. The van der Waals surface area contributed by atoms with Gasteiger partial charge in [0.05, 0.1) is 11.7 Å². The third-order valence-corrected chi connectivity index (χ3v) is 9.77. The zero-order valence-corrected chi connectivity index (χ0v) is 17.1. The lowest BCUT2D eigenvalue weighted by Crippen LogP contribution is -2.69. The number of carbonyl (C=O) groups is 2. The number of rotatable bonds is 2. The molecule has 4 rings (SSSR count). The number of ketones is 2. The molecule has 0 aromatic carbocycles. The summed E-state index contributed by atoms with van der Waals surface area (Å²) >= 11 is 0. The van der Waals surface area contributed by atoms with E-state index >= 15 is 0 Å². The van der Waals surface area contributed by atoms with E-state index in [-0.39, 0.29) is 42.3 Å². The molecular weight excluding hydrogens is 360 g/mol. The quantitative estimate of drug-likeness (QED) is 0.560. The summed E-state index contributed by atoms with van der Waals surface area (Å²) in [5.74, 6) is -0.612. The monoisotopic (exact) mass is 394 g/mol. The van der Waals surface area contributed by atoms with Gasteiger partial charge in [0, 0.05) is 23.7 Å². The molecule has 6 heteroatoms. The highest BCUT2D eigenvalue weighted by molar-refractivity contribution is 5.89. The zero-order valence-electron chi connectivity index (χ0n) is 17.1. The second kappa shape index (κ2) is 6.10. The summed E-state index contributed by atoms with van der Waals surface area (Å²) in [6.07, 6.45) is 2.30. The molecule has 0 radical (unpaired) electrons. The summed E-state index contributed by atoms with van der Waals surface area (Å²) in [5.41, 5.74) is -4.08. The second-order valence-electron chi connectivity index (χ2n) is 10.7. The van der Waals surface area contributed by atoms with Gasteiger partial charge in [-0.1, -0.05) is 20.8 Å². The van der Waals surface area contributed by atoms with E-state index in [0.29, 0.717) is 32.1 Å². The molecule has 158 valence electrons. The van der Waals surface area contributed by atoms with E-state index in [1.807, 2.05) is 20.8 Å². The van der Waals surface area contributed by atoms with Gasteiger partial charge in [-0.15, -0.1) is 0 Å². The first-order valence-corrected chi connectivity index (χ1v) is 10.7. The van der Waals surface area contributed by atoms with Crippen molar-refractivity contribution in [2.75, 3.05) is 6.61 Å². The highest BCUT2D eigenvalue weighted by atomic mass is 16.3. The standard InChI is InChI=1S/C22H34O6/c1-12-8-14-15-5-7-21(27,17(26)11-23)20(15,3)10-16(25)18(14)19(2)6-4-13(24)9-22(12,19)28/h12,14-16,18,23,25,27-28H,4-11H2,1-3H3/t12-,14+,15+,16+,18-,19-,20+,21+,22+/m1/s1. The first-order valence-electron chi connectivity index (χ1n) is 10.7. The van der Waals surface area contributed by atoms with Gasteiger partial charge in [-0.05, 0) is 55.8 Å². The molecule has 0 aromatic rings. The Labute approximate surface area is 166 Å². The van der Waals surface area contributed by atoms with Crippen LogP contribution in [-0.4, -0.2) is 55.9 Å². The number of hydrogen-bond acceptors (Lipinski definition) is 6. The lowest BCUT2D eigenvalue weighted by Gasteiger charge is -2.66. The van der Waals surface area contributed by atoms with Gasteiger partial charge in [-0.3, -0.25) is 9.59 Å². The van der Waals surface area contributed by atoms with Crippen LogP contribution in [-0.2, 0) is 9.59 Å². The van der Waals surface area contributed by atoms with Crippen molar-refractivity contribution in [3.05, 3.63) is 0 Å². The van der Waals surface area contributed by atoms with E-state index in [1.54, 1.807) is 0 Å². The molecule has 6 nitrogen and oxygen atoms in total. The molecule has 4 aliphatic carbocycles. The van der Waals surface area contributed by atoms with E-state index < -0.39 is 40.5 Å². The molecule has 9 atom stereocenters. The summed E-state index contributed by atoms with van der Waals surface area (Å²) in [5, 5.41) is 43.6. The topological polar surface area (TPSA) is 115 Å². The first kappa shape index (κ1) is 20.5. The van der Waals surface area contributed by atoms with Crippen LogP contribution in [0.3, 0.4) is 0 Å². The Hall–Kier alpha value is -0.820. The van der Waals surface area contributed by atoms with E-state index in [1.165, 1.54) is 0 Å². The van der Waals surface area contributed by atoms with Gasteiger partial charge in [0.2, 0.25) is 0 Å². The number of hydrogen-bond donors (Lipinski definition) is 4. The van der Waals surface area contributed by atoms with Crippen LogP contribution in [0, 0.1) is 34.5 Å². The predicted molar refractivity (Wildman–Crippen MR) is 101 cm³/mol. The van der Waals surface area contributed by atoms with Crippen LogP contribution in [0.4, 0.5) is 0 Å². The van der Waals surface area contributed by atoms with Gasteiger partial charge in [0.25, 0.3) is 0 Å². The third-order valence-electron chi connectivity index (χ3n) is 9.77. The van der Waals surface area contributed by atoms with Crippen LogP contribution < -0.4 is 0 Å². The van der Waals surface area contributed by atoms with Crippen LogP contribution >= 0.6 is 0 Å². The average Bonchev–Trinajstić information content (AvgIpc) is 2.89. The molecule has 0 bridgehead atoms. The third kappa shape index (κ3) is 2.23. The molecule has 0 aliphatic heterocycles. The molecular formula is C22H34O6. The van der Waals surface area contributed by atoms with Crippen molar-refractivity contribution in [2.24, 2.45) is 34.5 Å². The summed E-state index contributed by atoms with van der Waals surface area (Å²) < 4.78 is 0. The largest absolute Gasteiger partial charge is 0.393 e. The van der Waals surface area contributed by atoms with Crippen LogP contribution in [0.25, 0.3) is 0 Å². The van der Waals surface area contributed by atoms with Gasteiger partial charge in [-0.25, -0.2) is 0 Å². The van der Waals surface area contributed by atoms with Crippen molar-refractivity contribution < 1.29 is 30.0 Å². The van der Waals surface area contributed by atoms with Crippen molar-refractivity contribution in [1.29, 1.82) is 0 Å². The fraction of sp³-hybridized carbons (Fsp3) is 0.909. The number of aliphatic hydroxyl groups excluding tert-OH is 2. The van der Waals surface area contributed by atoms with E-state index in [2.05, 4.69) is 0 Å². The lowest BCUT2D eigenvalue weighted by atomic mass is 9.40. The number of fused-ring (bicyclic) bond motifs is 5. The summed E-state index contributed by atoms with van der Waals surface area (Å²) in [6, 6.07) is 0. The SMILES string of the molecule is C[C@@H]1C[C@@H]2[C@H]([C@@H](O)C[C@@]3(C)[C@H]2CC[C@]3(O)C(=O)CO)[C@@]2(C)CCC(=O)C[C@]12O. The molecule has 0 heterocycles. The molecule has 0 amide bonds. The Morgan fingerprint density at radius 2 is 1.86 bits per heavy atom. The maximum absolute atomic E-state index is 12.4. The minimum absolute atomic E-state index is 0.0443. The highest BCUT2D eigenvalue weighted by Gasteiger charge is 2.72. The van der Waals surface area contributed by atoms with Crippen molar-refractivity contribution >= 4 is 11.6 Å².